The van der Waals surface area contributed by atoms with E-state index in [1.807, 2.05) is 30.3 Å². The number of phenols is 1. The maximum absolute atomic E-state index is 11.9. The van der Waals surface area contributed by atoms with Gasteiger partial charge in [-0.05, 0) is 84.6 Å². The summed E-state index contributed by atoms with van der Waals surface area (Å²) in [4.78, 5) is 14.6. The Morgan fingerprint density at radius 3 is 2.81 bits per heavy atom. The number of pyridine rings is 1. The van der Waals surface area contributed by atoms with Crippen LogP contribution in [0, 0.1) is 0 Å². The molecule has 4 rings (SSSR count). The normalized spacial score (nSPS) is 17.5. The van der Waals surface area contributed by atoms with Gasteiger partial charge in [0.1, 0.15) is 5.75 Å². The first kappa shape index (κ1) is 16.9. The molecule has 3 aromatic rings. The summed E-state index contributed by atoms with van der Waals surface area (Å²) in [5.41, 5.74) is 3.07. The highest BCUT2D eigenvalue weighted by Crippen LogP contribution is 2.28. The van der Waals surface area contributed by atoms with Crippen molar-refractivity contribution in [2.24, 2.45) is 0 Å². The van der Waals surface area contributed by atoms with Gasteiger partial charge in [-0.1, -0.05) is 18.6 Å². The molecule has 0 amide bonds. The van der Waals surface area contributed by atoms with Crippen molar-refractivity contribution in [1.82, 2.24) is 10.3 Å². The molecule has 0 aliphatic carbocycles. The molecule has 0 bridgehead atoms. The van der Waals surface area contributed by atoms with Gasteiger partial charge in [-0.3, -0.25) is 4.79 Å². The molecule has 1 aliphatic rings. The topological polar surface area (TPSA) is 65.1 Å². The van der Waals surface area contributed by atoms with Crippen LogP contribution >= 0.6 is 0 Å². The van der Waals surface area contributed by atoms with Gasteiger partial charge < -0.3 is 15.4 Å². The van der Waals surface area contributed by atoms with Crippen LogP contribution in [0.25, 0.3) is 21.9 Å². The molecule has 0 saturated carbocycles. The van der Waals surface area contributed by atoms with E-state index in [4.69, 9.17) is 0 Å². The summed E-state index contributed by atoms with van der Waals surface area (Å²) in [5.74, 6) is 0.292. The Morgan fingerprint density at radius 1 is 1.04 bits per heavy atom. The van der Waals surface area contributed by atoms with Gasteiger partial charge >= 0.3 is 0 Å². The fourth-order valence-electron chi connectivity index (χ4n) is 3.87. The molecule has 1 fully saturated rings. The summed E-state index contributed by atoms with van der Waals surface area (Å²) in [5, 5.41) is 15.3. The number of aromatic hydroxyl groups is 1. The minimum absolute atomic E-state index is 0.0781. The van der Waals surface area contributed by atoms with Gasteiger partial charge in [0.05, 0.1) is 0 Å². The first-order chi connectivity index (χ1) is 12.7. The summed E-state index contributed by atoms with van der Waals surface area (Å²) >= 11 is 0. The molecular formula is C22H24N2O2. The molecule has 1 saturated heterocycles. The molecular weight excluding hydrogens is 324 g/mol. The second kappa shape index (κ2) is 7.34. The molecule has 2 heterocycles. The number of aryl methyl sites for hydroxylation is 1. The van der Waals surface area contributed by atoms with Gasteiger partial charge in [-0.2, -0.15) is 0 Å². The fourth-order valence-corrected chi connectivity index (χ4v) is 3.87. The number of H-pyrrole nitrogens is 1. The second-order valence-electron chi connectivity index (χ2n) is 7.18. The molecule has 4 heteroatoms. The third-order valence-corrected chi connectivity index (χ3v) is 5.28. The zero-order valence-electron chi connectivity index (χ0n) is 14.8. The van der Waals surface area contributed by atoms with Crippen molar-refractivity contribution in [2.45, 2.75) is 38.1 Å². The molecule has 2 aromatic carbocycles. The molecule has 0 spiro atoms. The van der Waals surface area contributed by atoms with Crippen LogP contribution in [0.3, 0.4) is 0 Å². The molecule has 26 heavy (non-hydrogen) atoms. The Balaban J connectivity index is 1.60. The van der Waals surface area contributed by atoms with Gasteiger partial charge in [0.15, 0.2) is 0 Å². The summed E-state index contributed by atoms with van der Waals surface area (Å²) < 4.78 is 0. The summed E-state index contributed by atoms with van der Waals surface area (Å²) in [6.07, 6.45) is 7.53. The van der Waals surface area contributed by atoms with Crippen LogP contribution in [0.15, 0.2) is 53.5 Å². The van der Waals surface area contributed by atoms with Crippen molar-refractivity contribution in [2.75, 3.05) is 6.54 Å². The molecule has 1 aromatic heterocycles. The van der Waals surface area contributed by atoms with Gasteiger partial charge in [0.2, 0.25) is 0 Å². The van der Waals surface area contributed by atoms with Crippen LogP contribution in [-0.2, 0) is 6.42 Å². The van der Waals surface area contributed by atoms with Crippen LogP contribution in [0.4, 0.5) is 0 Å². The molecule has 1 atom stereocenters. The van der Waals surface area contributed by atoms with E-state index in [9.17, 15) is 9.90 Å². The van der Waals surface area contributed by atoms with Crippen molar-refractivity contribution in [3.8, 4) is 16.9 Å². The lowest BCUT2D eigenvalue weighted by Crippen LogP contribution is -2.34. The van der Waals surface area contributed by atoms with E-state index >= 15 is 0 Å². The van der Waals surface area contributed by atoms with E-state index in [0.717, 1.165) is 41.5 Å². The number of aromatic amines is 1. The van der Waals surface area contributed by atoms with E-state index in [2.05, 4.69) is 16.4 Å². The highest BCUT2D eigenvalue weighted by atomic mass is 16.3. The van der Waals surface area contributed by atoms with Crippen molar-refractivity contribution >= 4 is 10.8 Å². The summed E-state index contributed by atoms with van der Waals surface area (Å²) in [6, 6.07) is 14.1. The van der Waals surface area contributed by atoms with Crippen molar-refractivity contribution < 1.29 is 5.11 Å². The smallest absolute Gasteiger partial charge is 0.255 e. The van der Waals surface area contributed by atoms with E-state index in [0.29, 0.717) is 17.2 Å². The van der Waals surface area contributed by atoms with E-state index in [1.54, 1.807) is 12.3 Å². The predicted octanol–water partition coefficient (Wildman–Crippen LogP) is 3.98. The third-order valence-electron chi connectivity index (χ3n) is 5.28. The van der Waals surface area contributed by atoms with Crippen LogP contribution in [0.2, 0.25) is 0 Å². The quantitative estimate of drug-likeness (QED) is 0.668. The molecule has 1 aliphatic heterocycles. The van der Waals surface area contributed by atoms with Gasteiger partial charge in [-0.25, -0.2) is 0 Å². The van der Waals surface area contributed by atoms with Crippen molar-refractivity contribution in [3.05, 3.63) is 64.6 Å². The Hall–Kier alpha value is -2.59. The van der Waals surface area contributed by atoms with Crippen LogP contribution < -0.4 is 10.9 Å². The lowest BCUT2D eigenvalue weighted by atomic mass is 9.95. The number of phenolic OH excluding ortho intramolecular Hbond substituents is 1. The highest BCUT2D eigenvalue weighted by molar-refractivity contribution is 5.86. The second-order valence-corrected chi connectivity index (χ2v) is 7.18. The largest absolute Gasteiger partial charge is 0.508 e. The summed E-state index contributed by atoms with van der Waals surface area (Å²) in [6.45, 7) is 1.12. The van der Waals surface area contributed by atoms with Crippen LogP contribution in [0.1, 0.15) is 31.2 Å². The van der Waals surface area contributed by atoms with Crippen LogP contribution in [0.5, 0.6) is 5.75 Å². The predicted molar refractivity (Wildman–Crippen MR) is 106 cm³/mol. The Morgan fingerprint density at radius 2 is 1.96 bits per heavy atom. The lowest BCUT2D eigenvalue weighted by Gasteiger charge is -2.23. The Labute approximate surface area is 152 Å². The number of piperidine rings is 1. The van der Waals surface area contributed by atoms with E-state index < -0.39 is 0 Å². The number of hydrogen-bond acceptors (Lipinski definition) is 3. The number of hydrogen-bond donors (Lipinski definition) is 3. The zero-order valence-corrected chi connectivity index (χ0v) is 14.8. The SMILES string of the molecule is O=c1[nH]ccc2cc(-c3cc(O)cc(CC[C@H]4CCCCN4)c3)ccc12. The maximum atomic E-state index is 11.9. The minimum atomic E-state index is -0.0781. The van der Waals surface area contributed by atoms with Gasteiger partial charge in [0, 0.05) is 17.6 Å². The number of benzene rings is 2. The average molecular weight is 348 g/mol. The monoisotopic (exact) mass is 348 g/mol. The number of fused-ring (bicyclic) bond motifs is 1. The summed E-state index contributed by atoms with van der Waals surface area (Å²) in [7, 11) is 0. The highest BCUT2D eigenvalue weighted by Gasteiger charge is 2.13. The minimum Gasteiger partial charge on any atom is -0.508 e. The third kappa shape index (κ3) is 3.65. The molecule has 3 N–H and O–H groups in total. The molecule has 0 unspecified atom stereocenters. The number of nitrogens with one attached hydrogen (secondary N) is 2. The maximum Gasteiger partial charge on any atom is 0.255 e. The molecule has 134 valence electrons. The number of rotatable bonds is 4. The van der Waals surface area contributed by atoms with Gasteiger partial charge in [-0.15, -0.1) is 0 Å². The zero-order chi connectivity index (χ0) is 17.9. The van der Waals surface area contributed by atoms with E-state index in [1.165, 1.54) is 19.3 Å². The standard InChI is InChI=1S/C22H24N2O2/c25-20-12-15(4-6-19-3-1-2-9-23-19)11-18(14-20)16-5-7-21-17(13-16)8-10-24-22(21)26/h5,7-8,10-14,19,23,25H,1-4,6,9H2,(H,24,26)/t19-/m1/s1. The van der Waals surface area contributed by atoms with Crippen molar-refractivity contribution in [1.29, 1.82) is 0 Å². The number of aromatic nitrogens is 1. The van der Waals surface area contributed by atoms with E-state index in [-0.39, 0.29) is 5.56 Å². The van der Waals surface area contributed by atoms with Crippen molar-refractivity contribution in [3.63, 3.8) is 0 Å². The first-order valence-corrected chi connectivity index (χ1v) is 9.37. The molecule has 4 nitrogen and oxygen atoms in total. The van der Waals surface area contributed by atoms with Crippen LogP contribution in [-0.4, -0.2) is 22.7 Å². The first-order valence-electron chi connectivity index (χ1n) is 9.37. The Kier molecular flexibility index (Phi) is 4.76. The Bertz CT molecular complexity index is 971. The average Bonchev–Trinajstić information content (AvgIpc) is 2.67. The van der Waals surface area contributed by atoms with Gasteiger partial charge in [0.25, 0.3) is 5.56 Å². The molecule has 0 radical (unpaired) electrons. The fraction of sp³-hybridized carbons (Fsp3) is 0.318. The lowest BCUT2D eigenvalue weighted by molar-refractivity contribution is 0.382.